The van der Waals surface area contributed by atoms with Crippen molar-refractivity contribution >= 4 is 27.9 Å². The molecule has 8 heteroatoms. The van der Waals surface area contributed by atoms with Gasteiger partial charge < -0.3 is 4.90 Å². The summed E-state index contributed by atoms with van der Waals surface area (Å²) in [5.41, 5.74) is 0. The third kappa shape index (κ3) is 2.98. The van der Waals surface area contributed by atoms with Gasteiger partial charge in [0, 0.05) is 31.9 Å². The van der Waals surface area contributed by atoms with E-state index in [1.54, 1.807) is 19.0 Å². The van der Waals surface area contributed by atoms with Crippen molar-refractivity contribution in [1.82, 2.24) is 13.5 Å². The molecular weight excluding hydrogens is 298 g/mol. The lowest BCUT2D eigenvalue weighted by molar-refractivity contribution is -0.133. The van der Waals surface area contributed by atoms with Gasteiger partial charge in [0.15, 0.2) is 0 Å². The predicted molar refractivity (Wildman–Crippen MR) is 80.6 cm³/mol. The molecule has 0 aromatic rings. The number of thioether (sulfide) groups is 1. The molecule has 6 nitrogen and oxygen atoms in total. The average Bonchev–Trinajstić information content (AvgIpc) is 3.12. The van der Waals surface area contributed by atoms with E-state index in [9.17, 15) is 13.2 Å². The van der Waals surface area contributed by atoms with Crippen LogP contribution in [0.4, 0.5) is 0 Å². The Morgan fingerprint density at radius 2 is 1.90 bits per heavy atom. The molecule has 20 heavy (non-hydrogen) atoms. The first-order chi connectivity index (χ1) is 9.26. The quantitative estimate of drug-likeness (QED) is 0.743. The summed E-state index contributed by atoms with van der Waals surface area (Å²) in [7, 11) is -0.230. The average molecular weight is 321 g/mol. The van der Waals surface area contributed by atoms with Gasteiger partial charge in [0.1, 0.15) is 6.04 Å². The van der Waals surface area contributed by atoms with Crippen LogP contribution in [0.3, 0.4) is 0 Å². The van der Waals surface area contributed by atoms with E-state index in [4.69, 9.17) is 0 Å². The lowest BCUT2D eigenvalue weighted by atomic mass is 10.3. The highest BCUT2D eigenvalue weighted by molar-refractivity contribution is 8.00. The van der Waals surface area contributed by atoms with Crippen LogP contribution in [0.15, 0.2) is 0 Å². The van der Waals surface area contributed by atoms with Crippen LogP contribution in [-0.2, 0) is 15.0 Å². The Bertz CT molecular complexity index is 476. The number of rotatable bonds is 5. The molecule has 2 fully saturated rings. The monoisotopic (exact) mass is 321 g/mol. The molecule has 2 rings (SSSR count). The maximum atomic E-state index is 12.6. The van der Waals surface area contributed by atoms with E-state index in [1.807, 2.05) is 13.8 Å². The Kier molecular flexibility index (Phi) is 4.68. The summed E-state index contributed by atoms with van der Waals surface area (Å²) < 4.78 is 27.8. The van der Waals surface area contributed by atoms with Gasteiger partial charge in [0.25, 0.3) is 10.2 Å². The lowest BCUT2D eigenvalue weighted by Crippen LogP contribution is -2.52. The number of likely N-dealkylation sites (N-methyl/N-ethyl adjacent to an activating group) is 1. The summed E-state index contributed by atoms with van der Waals surface area (Å²) >= 11 is 1.50. The predicted octanol–water partition coefficient (Wildman–Crippen LogP) is 0.567. The molecule has 0 spiro atoms. The highest BCUT2D eigenvalue weighted by atomic mass is 32.2. The van der Waals surface area contributed by atoms with Crippen molar-refractivity contribution in [2.75, 3.05) is 25.7 Å². The molecule has 1 saturated carbocycles. The van der Waals surface area contributed by atoms with Gasteiger partial charge in [-0.3, -0.25) is 4.79 Å². The van der Waals surface area contributed by atoms with Crippen LogP contribution < -0.4 is 0 Å². The Labute approximate surface area is 125 Å². The van der Waals surface area contributed by atoms with Gasteiger partial charge in [-0.1, -0.05) is 0 Å². The van der Waals surface area contributed by atoms with Gasteiger partial charge in [-0.25, -0.2) is 0 Å². The summed E-state index contributed by atoms with van der Waals surface area (Å²) in [5.74, 6) is 0.827. The van der Waals surface area contributed by atoms with Crippen molar-refractivity contribution in [2.45, 2.75) is 44.8 Å². The van der Waals surface area contributed by atoms with Crippen LogP contribution in [0.25, 0.3) is 0 Å². The minimum absolute atomic E-state index is 0.0711. The van der Waals surface area contributed by atoms with Crippen LogP contribution in [0.1, 0.15) is 26.7 Å². The van der Waals surface area contributed by atoms with Crippen LogP contribution in [0.2, 0.25) is 0 Å². The molecule has 1 aliphatic carbocycles. The number of carbonyl (C=O) groups is 1. The van der Waals surface area contributed by atoms with E-state index in [1.165, 1.54) is 20.4 Å². The van der Waals surface area contributed by atoms with Crippen molar-refractivity contribution in [3.05, 3.63) is 0 Å². The fraction of sp³-hybridized carbons (Fsp3) is 0.917. The highest BCUT2D eigenvalue weighted by Gasteiger charge is 2.44. The van der Waals surface area contributed by atoms with Crippen LogP contribution >= 0.6 is 11.8 Å². The van der Waals surface area contributed by atoms with Gasteiger partial charge >= 0.3 is 0 Å². The molecule has 1 amide bonds. The maximum Gasteiger partial charge on any atom is 0.283 e. The molecule has 0 aromatic heterocycles. The Balaban J connectivity index is 2.16. The first kappa shape index (κ1) is 16.1. The molecule has 116 valence electrons. The van der Waals surface area contributed by atoms with Crippen molar-refractivity contribution in [3.63, 3.8) is 0 Å². The smallest absolute Gasteiger partial charge is 0.283 e. The molecule has 1 unspecified atom stereocenters. The zero-order chi connectivity index (χ0) is 15.1. The summed E-state index contributed by atoms with van der Waals surface area (Å²) in [6, 6.07) is -0.375. The summed E-state index contributed by atoms with van der Waals surface area (Å²) in [6.07, 6.45) is 2.06. The van der Waals surface area contributed by atoms with E-state index in [-0.39, 0.29) is 11.9 Å². The van der Waals surface area contributed by atoms with Crippen LogP contribution in [0, 0.1) is 0 Å². The molecule has 2 aliphatic rings. The second-order valence-electron chi connectivity index (χ2n) is 5.70. The van der Waals surface area contributed by atoms with Gasteiger partial charge in [-0.05, 0) is 26.7 Å². The fourth-order valence-corrected chi connectivity index (χ4v) is 5.37. The second-order valence-corrected chi connectivity index (χ2v) is 8.64. The summed E-state index contributed by atoms with van der Waals surface area (Å²) in [4.78, 5) is 14.2. The van der Waals surface area contributed by atoms with Gasteiger partial charge in [0.2, 0.25) is 5.91 Å². The Hall–Kier alpha value is -0.310. The molecule has 0 radical (unpaired) electrons. The molecule has 0 bridgehead atoms. The second kappa shape index (κ2) is 5.82. The number of carbonyl (C=O) groups excluding carboxylic acids is 1. The van der Waals surface area contributed by atoms with E-state index < -0.39 is 16.3 Å². The molecule has 1 saturated heterocycles. The topological polar surface area (TPSA) is 60.9 Å². The normalized spacial score (nSPS) is 24.6. The number of nitrogens with zero attached hydrogens (tertiary/aromatic N) is 3. The van der Waals surface area contributed by atoms with Crippen LogP contribution in [0.5, 0.6) is 0 Å². The zero-order valence-corrected chi connectivity index (χ0v) is 14.1. The van der Waals surface area contributed by atoms with Crippen molar-refractivity contribution < 1.29 is 13.2 Å². The Morgan fingerprint density at radius 1 is 1.30 bits per heavy atom. The van der Waals surface area contributed by atoms with Gasteiger partial charge in [-0.2, -0.15) is 17.0 Å². The van der Waals surface area contributed by atoms with Crippen molar-refractivity contribution in [1.29, 1.82) is 0 Å². The number of hydrogen-bond donors (Lipinski definition) is 0. The first-order valence-corrected chi connectivity index (χ1v) is 9.41. The summed E-state index contributed by atoms with van der Waals surface area (Å²) in [6.45, 7) is 3.65. The van der Waals surface area contributed by atoms with Crippen molar-refractivity contribution in [3.8, 4) is 0 Å². The fourth-order valence-electron chi connectivity index (χ4n) is 2.16. The van der Waals surface area contributed by atoms with Crippen molar-refractivity contribution in [2.24, 2.45) is 0 Å². The molecule has 0 N–H and O–H groups in total. The molecule has 1 aliphatic heterocycles. The minimum atomic E-state index is -3.57. The Morgan fingerprint density at radius 3 is 2.40 bits per heavy atom. The van der Waals surface area contributed by atoms with E-state index in [0.29, 0.717) is 17.7 Å². The molecule has 0 aromatic carbocycles. The highest BCUT2D eigenvalue weighted by Crippen LogP contribution is 2.31. The van der Waals surface area contributed by atoms with Crippen LogP contribution in [-0.4, -0.2) is 71.7 Å². The van der Waals surface area contributed by atoms with E-state index in [2.05, 4.69) is 0 Å². The third-order valence-electron chi connectivity index (χ3n) is 3.96. The number of amides is 1. The SMILES string of the molecule is CC(C)N(C)S(=O)(=O)N1CSCC1C(=O)N(C)C1CC1. The number of hydrogen-bond acceptors (Lipinski definition) is 4. The van der Waals surface area contributed by atoms with E-state index >= 15 is 0 Å². The maximum absolute atomic E-state index is 12.6. The zero-order valence-electron chi connectivity index (χ0n) is 12.4. The standard InChI is InChI=1S/C12H23N3O3S2/c1-9(2)14(4)20(17,18)15-8-19-7-11(15)12(16)13(3)10-5-6-10/h9-11H,5-8H2,1-4H3. The molecule has 1 atom stereocenters. The van der Waals surface area contributed by atoms with Gasteiger partial charge in [-0.15, -0.1) is 11.8 Å². The van der Waals surface area contributed by atoms with Gasteiger partial charge in [0.05, 0.1) is 5.88 Å². The summed E-state index contributed by atoms with van der Waals surface area (Å²) in [5, 5.41) is 0. The molecular formula is C12H23N3O3S2. The largest absolute Gasteiger partial charge is 0.341 e. The lowest BCUT2D eigenvalue weighted by Gasteiger charge is -2.31. The third-order valence-corrected chi connectivity index (χ3v) is 7.26. The molecule has 1 heterocycles. The van der Waals surface area contributed by atoms with E-state index in [0.717, 1.165) is 12.8 Å². The first-order valence-electron chi connectivity index (χ1n) is 6.86. The minimum Gasteiger partial charge on any atom is -0.341 e.